The van der Waals surface area contributed by atoms with E-state index in [2.05, 4.69) is 4.90 Å². The molecular weight excluding hydrogens is 261 g/mol. The number of thiocarbonyl (C=S) groups is 1. The predicted molar refractivity (Wildman–Crippen MR) is 68.3 cm³/mol. The third-order valence-corrected chi connectivity index (χ3v) is 4.26. The van der Waals surface area contributed by atoms with Crippen molar-refractivity contribution in [2.75, 3.05) is 19.6 Å². The quantitative estimate of drug-likeness (QED) is 0.803. The van der Waals surface area contributed by atoms with Crippen LogP contribution in [0.25, 0.3) is 0 Å². The fraction of sp³-hybridized carbons (Fsp3) is 0.917. The summed E-state index contributed by atoms with van der Waals surface area (Å²) in [5, 5.41) is 0. The first-order chi connectivity index (χ1) is 8.31. The van der Waals surface area contributed by atoms with E-state index in [0.29, 0.717) is 18.1 Å². The Labute approximate surface area is 111 Å². The molecule has 1 saturated carbocycles. The summed E-state index contributed by atoms with van der Waals surface area (Å²) < 4.78 is 37.6. The summed E-state index contributed by atoms with van der Waals surface area (Å²) in [6.45, 7) is 1.95. The highest BCUT2D eigenvalue weighted by molar-refractivity contribution is 7.80. The van der Waals surface area contributed by atoms with Crippen LogP contribution >= 0.6 is 12.2 Å². The van der Waals surface area contributed by atoms with Crippen molar-refractivity contribution < 1.29 is 13.2 Å². The van der Waals surface area contributed by atoms with E-state index >= 15 is 0 Å². The van der Waals surface area contributed by atoms with Gasteiger partial charge in [0.1, 0.15) is 0 Å². The first-order valence-electron chi connectivity index (χ1n) is 6.38. The summed E-state index contributed by atoms with van der Waals surface area (Å²) >= 11 is 4.93. The second-order valence-electron chi connectivity index (χ2n) is 5.74. The van der Waals surface area contributed by atoms with Gasteiger partial charge in [-0.1, -0.05) is 12.2 Å². The van der Waals surface area contributed by atoms with E-state index in [-0.39, 0.29) is 18.3 Å². The number of halogens is 3. The molecular formula is C12H19F3N2S. The Morgan fingerprint density at radius 1 is 1.28 bits per heavy atom. The summed E-state index contributed by atoms with van der Waals surface area (Å²) in [6, 6.07) is 0. The largest absolute Gasteiger partial charge is 0.393 e. The average Bonchev–Trinajstić information content (AvgIpc) is 2.96. The lowest BCUT2D eigenvalue weighted by atomic mass is 9.94. The van der Waals surface area contributed by atoms with Gasteiger partial charge in [0.15, 0.2) is 0 Å². The van der Waals surface area contributed by atoms with E-state index in [1.807, 2.05) is 0 Å². The summed E-state index contributed by atoms with van der Waals surface area (Å²) in [7, 11) is 0. The van der Waals surface area contributed by atoms with E-state index in [1.54, 1.807) is 0 Å². The zero-order valence-corrected chi connectivity index (χ0v) is 11.1. The Balaban J connectivity index is 1.79. The Bertz CT molecular complexity index is 318. The van der Waals surface area contributed by atoms with Gasteiger partial charge in [-0.2, -0.15) is 13.2 Å². The van der Waals surface area contributed by atoms with Gasteiger partial charge in [-0.3, -0.25) is 0 Å². The first-order valence-corrected chi connectivity index (χ1v) is 6.79. The van der Waals surface area contributed by atoms with Crippen LogP contribution in [0.1, 0.15) is 32.1 Å². The monoisotopic (exact) mass is 280 g/mol. The van der Waals surface area contributed by atoms with Crippen LogP contribution in [-0.4, -0.2) is 35.7 Å². The molecule has 0 aromatic rings. The molecule has 2 aliphatic rings. The smallest absolute Gasteiger partial charge is 0.391 e. The standard InChI is InChI=1S/C12H19F3N2S/c13-12(14,15)9-1-5-17(6-2-9)8-11(3-4-11)7-10(16)18/h9H,1-8H2,(H2,16,18). The summed E-state index contributed by atoms with van der Waals surface area (Å²) in [5.41, 5.74) is 5.74. The van der Waals surface area contributed by atoms with Crippen LogP contribution in [0.2, 0.25) is 0 Å². The van der Waals surface area contributed by atoms with Gasteiger partial charge in [0.2, 0.25) is 0 Å². The second kappa shape index (κ2) is 4.96. The van der Waals surface area contributed by atoms with Crippen molar-refractivity contribution in [3.05, 3.63) is 0 Å². The van der Waals surface area contributed by atoms with E-state index < -0.39 is 12.1 Å². The molecule has 1 heterocycles. The molecule has 2 fully saturated rings. The maximum atomic E-state index is 12.5. The fourth-order valence-electron chi connectivity index (χ4n) is 2.83. The lowest BCUT2D eigenvalue weighted by Gasteiger charge is -2.35. The molecule has 0 spiro atoms. The van der Waals surface area contributed by atoms with E-state index in [0.717, 1.165) is 25.8 Å². The Morgan fingerprint density at radius 3 is 2.22 bits per heavy atom. The third-order valence-electron chi connectivity index (χ3n) is 4.12. The summed E-state index contributed by atoms with van der Waals surface area (Å²) in [4.78, 5) is 2.67. The van der Waals surface area contributed by atoms with Gasteiger partial charge in [0.25, 0.3) is 0 Å². The van der Waals surface area contributed by atoms with E-state index in [1.165, 1.54) is 0 Å². The number of hydrogen-bond acceptors (Lipinski definition) is 2. The van der Waals surface area contributed by atoms with E-state index in [9.17, 15) is 13.2 Å². The van der Waals surface area contributed by atoms with Crippen molar-refractivity contribution in [2.24, 2.45) is 17.1 Å². The molecule has 1 aliphatic heterocycles. The Hall–Kier alpha value is -0.360. The van der Waals surface area contributed by atoms with Crippen LogP contribution in [0.15, 0.2) is 0 Å². The molecule has 0 bridgehead atoms. The zero-order chi connectivity index (χ0) is 13.4. The molecule has 0 atom stereocenters. The molecule has 104 valence electrons. The zero-order valence-electron chi connectivity index (χ0n) is 10.3. The molecule has 0 aromatic carbocycles. The van der Waals surface area contributed by atoms with Gasteiger partial charge in [-0.25, -0.2) is 0 Å². The van der Waals surface area contributed by atoms with E-state index in [4.69, 9.17) is 18.0 Å². The molecule has 2 N–H and O–H groups in total. The minimum Gasteiger partial charge on any atom is -0.393 e. The molecule has 1 aliphatic carbocycles. The lowest BCUT2D eigenvalue weighted by Crippen LogP contribution is -2.42. The fourth-order valence-corrected chi connectivity index (χ4v) is 3.14. The van der Waals surface area contributed by atoms with Crippen molar-refractivity contribution in [3.63, 3.8) is 0 Å². The molecule has 0 aromatic heterocycles. The van der Waals surface area contributed by atoms with Gasteiger partial charge >= 0.3 is 6.18 Å². The van der Waals surface area contributed by atoms with Gasteiger partial charge in [-0.15, -0.1) is 0 Å². The SMILES string of the molecule is NC(=S)CC1(CN2CCC(C(F)(F)F)CC2)CC1. The van der Waals surface area contributed by atoms with Crippen molar-refractivity contribution in [1.29, 1.82) is 0 Å². The van der Waals surface area contributed by atoms with Crippen LogP contribution < -0.4 is 5.73 Å². The number of alkyl halides is 3. The average molecular weight is 280 g/mol. The van der Waals surface area contributed by atoms with Crippen LogP contribution in [0.5, 0.6) is 0 Å². The lowest BCUT2D eigenvalue weighted by molar-refractivity contribution is -0.185. The molecule has 1 saturated heterocycles. The number of nitrogens with two attached hydrogens (primary N) is 1. The molecule has 0 amide bonds. The number of likely N-dealkylation sites (tertiary alicyclic amines) is 1. The van der Waals surface area contributed by atoms with Crippen molar-refractivity contribution in [1.82, 2.24) is 4.90 Å². The number of piperidine rings is 1. The second-order valence-corrected chi connectivity index (χ2v) is 6.26. The van der Waals surface area contributed by atoms with Gasteiger partial charge in [0, 0.05) is 13.0 Å². The topological polar surface area (TPSA) is 29.3 Å². The summed E-state index contributed by atoms with van der Waals surface area (Å²) in [6.07, 6.45) is -0.629. The number of rotatable bonds is 4. The minimum absolute atomic E-state index is 0.177. The van der Waals surface area contributed by atoms with Crippen LogP contribution in [-0.2, 0) is 0 Å². The molecule has 0 unspecified atom stereocenters. The Morgan fingerprint density at radius 2 is 1.83 bits per heavy atom. The number of hydrogen-bond donors (Lipinski definition) is 1. The van der Waals surface area contributed by atoms with Crippen molar-refractivity contribution in [2.45, 2.75) is 38.3 Å². The maximum absolute atomic E-state index is 12.5. The predicted octanol–water partition coefficient (Wildman–Crippen LogP) is 2.72. The first kappa shape index (κ1) is 14.1. The highest BCUT2D eigenvalue weighted by atomic mass is 32.1. The van der Waals surface area contributed by atoms with Gasteiger partial charge in [0.05, 0.1) is 10.9 Å². The Kier molecular flexibility index (Phi) is 3.88. The van der Waals surface area contributed by atoms with Crippen molar-refractivity contribution in [3.8, 4) is 0 Å². The van der Waals surface area contributed by atoms with Crippen molar-refractivity contribution >= 4 is 17.2 Å². The summed E-state index contributed by atoms with van der Waals surface area (Å²) in [5.74, 6) is -1.11. The highest BCUT2D eigenvalue weighted by Gasteiger charge is 2.46. The molecule has 2 rings (SSSR count). The van der Waals surface area contributed by atoms with Crippen LogP contribution in [0.4, 0.5) is 13.2 Å². The molecule has 2 nitrogen and oxygen atoms in total. The molecule has 18 heavy (non-hydrogen) atoms. The minimum atomic E-state index is -4.03. The van der Waals surface area contributed by atoms with Crippen LogP contribution in [0.3, 0.4) is 0 Å². The van der Waals surface area contributed by atoms with Crippen LogP contribution in [0, 0.1) is 11.3 Å². The number of nitrogens with zero attached hydrogens (tertiary/aromatic N) is 1. The highest BCUT2D eigenvalue weighted by Crippen LogP contribution is 2.50. The molecule has 0 radical (unpaired) electrons. The maximum Gasteiger partial charge on any atom is 0.391 e. The molecule has 6 heteroatoms. The third kappa shape index (κ3) is 3.57. The van der Waals surface area contributed by atoms with Gasteiger partial charge in [-0.05, 0) is 44.2 Å². The van der Waals surface area contributed by atoms with Gasteiger partial charge < -0.3 is 10.6 Å². The normalized spacial score (nSPS) is 25.1.